The molecule has 0 amide bonds. The fourth-order valence-electron chi connectivity index (χ4n) is 2.81. The largest absolute Gasteiger partial charge is 0.0651 e. The van der Waals surface area contributed by atoms with E-state index in [9.17, 15) is 0 Å². The zero-order valence-corrected chi connectivity index (χ0v) is 11.1. The average molecular weight is 210 g/mol. The maximum Gasteiger partial charge on any atom is -0.0394 e. The van der Waals surface area contributed by atoms with E-state index in [4.69, 9.17) is 0 Å². The van der Waals surface area contributed by atoms with E-state index < -0.39 is 0 Å². The van der Waals surface area contributed by atoms with Gasteiger partial charge >= 0.3 is 0 Å². The van der Waals surface area contributed by atoms with Crippen LogP contribution < -0.4 is 0 Å². The van der Waals surface area contributed by atoms with Gasteiger partial charge in [0, 0.05) is 0 Å². The minimum atomic E-state index is 0.890. The lowest BCUT2D eigenvalue weighted by Crippen LogP contribution is -2.10. The average Bonchev–Trinajstić information content (AvgIpc) is 2.13. The van der Waals surface area contributed by atoms with Crippen molar-refractivity contribution >= 4 is 0 Å². The lowest BCUT2D eigenvalue weighted by atomic mass is 9.81. The maximum absolute atomic E-state index is 2.38. The van der Waals surface area contributed by atoms with E-state index in [0.29, 0.717) is 0 Å². The predicted octanol–water partition coefficient (Wildman–Crippen LogP) is 5.42. The van der Waals surface area contributed by atoms with Crippen LogP contribution in [0.4, 0.5) is 0 Å². The minimum Gasteiger partial charge on any atom is -0.0651 e. The maximum atomic E-state index is 2.38. The van der Waals surface area contributed by atoms with Gasteiger partial charge in [0.05, 0.1) is 0 Å². The molecule has 0 aromatic rings. The van der Waals surface area contributed by atoms with E-state index in [2.05, 4.69) is 20.8 Å². The van der Waals surface area contributed by atoms with Crippen LogP contribution in [0.3, 0.4) is 0 Å². The van der Waals surface area contributed by atoms with Crippen molar-refractivity contribution < 1.29 is 0 Å². The molecule has 0 spiro atoms. The van der Waals surface area contributed by atoms with E-state index in [-0.39, 0.29) is 0 Å². The molecule has 1 saturated carbocycles. The Morgan fingerprint density at radius 1 is 1.07 bits per heavy atom. The van der Waals surface area contributed by atoms with Gasteiger partial charge in [-0.25, -0.2) is 0 Å². The first-order valence-electron chi connectivity index (χ1n) is 7.24. The molecule has 0 saturated heterocycles. The topological polar surface area (TPSA) is 0 Å². The summed E-state index contributed by atoms with van der Waals surface area (Å²) in [4.78, 5) is 0. The summed E-state index contributed by atoms with van der Waals surface area (Å²) in [6, 6.07) is 0. The molecule has 15 heavy (non-hydrogen) atoms. The smallest absolute Gasteiger partial charge is 0.0394 e. The van der Waals surface area contributed by atoms with Crippen LogP contribution in [0.2, 0.25) is 0 Å². The van der Waals surface area contributed by atoms with E-state index in [1.54, 1.807) is 0 Å². The van der Waals surface area contributed by atoms with Crippen molar-refractivity contribution in [3.05, 3.63) is 0 Å². The van der Waals surface area contributed by atoms with Crippen LogP contribution in [0.1, 0.15) is 78.6 Å². The van der Waals surface area contributed by atoms with Crippen molar-refractivity contribution in [1.82, 2.24) is 0 Å². The highest BCUT2D eigenvalue weighted by molar-refractivity contribution is 4.69. The molecule has 0 aliphatic heterocycles. The van der Waals surface area contributed by atoms with Crippen LogP contribution in [-0.4, -0.2) is 0 Å². The van der Waals surface area contributed by atoms with Crippen molar-refractivity contribution in [1.29, 1.82) is 0 Å². The van der Waals surface area contributed by atoms with Crippen molar-refractivity contribution in [2.24, 2.45) is 17.8 Å². The highest BCUT2D eigenvalue weighted by Crippen LogP contribution is 2.31. The lowest BCUT2D eigenvalue weighted by molar-refractivity contribution is 0.281. The van der Waals surface area contributed by atoms with Crippen molar-refractivity contribution in [3.63, 3.8) is 0 Å². The van der Waals surface area contributed by atoms with Crippen LogP contribution in [0.25, 0.3) is 0 Å². The Morgan fingerprint density at radius 2 is 1.80 bits per heavy atom. The van der Waals surface area contributed by atoms with Crippen LogP contribution in [-0.2, 0) is 0 Å². The summed E-state index contributed by atoms with van der Waals surface area (Å²) < 4.78 is 0. The lowest BCUT2D eigenvalue weighted by Gasteiger charge is -2.25. The minimum absolute atomic E-state index is 0.890. The molecule has 1 fully saturated rings. The van der Waals surface area contributed by atoms with Crippen LogP contribution in [0, 0.1) is 17.8 Å². The SMILES string of the molecule is CCC(CCCCCC1CCC1)C(C)C. The third-order valence-electron chi connectivity index (χ3n) is 4.38. The Labute approximate surface area is 96.8 Å². The van der Waals surface area contributed by atoms with Crippen LogP contribution in [0.5, 0.6) is 0 Å². The summed E-state index contributed by atoms with van der Waals surface area (Å²) in [5.41, 5.74) is 0. The zero-order chi connectivity index (χ0) is 11.1. The quantitative estimate of drug-likeness (QED) is 0.469. The van der Waals surface area contributed by atoms with Crippen molar-refractivity contribution in [2.75, 3.05) is 0 Å². The summed E-state index contributed by atoms with van der Waals surface area (Å²) in [6.45, 7) is 7.10. The van der Waals surface area contributed by atoms with E-state index in [0.717, 1.165) is 17.8 Å². The van der Waals surface area contributed by atoms with Crippen molar-refractivity contribution in [3.8, 4) is 0 Å². The Hall–Kier alpha value is 0. The van der Waals surface area contributed by atoms with E-state index in [1.807, 2.05) is 0 Å². The number of unbranched alkanes of at least 4 members (excludes halogenated alkanes) is 2. The normalized spacial score (nSPS) is 19.2. The molecule has 0 N–H and O–H groups in total. The Morgan fingerprint density at radius 3 is 2.27 bits per heavy atom. The summed E-state index contributed by atoms with van der Waals surface area (Å²) in [5.74, 6) is 2.99. The summed E-state index contributed by atoms with van der Waals surface area (Å²) in [6.07, 6.45) is 13.4. The molecule has 0 aromatic heterocycles. The molecular formula is C15H30. The molecule has 1 aliphatic carbocycles. The number of rotatable bonds is 8. The van der Waals surface area contributed by atoms with Gasteiger partial charge in [0.15, 0.2) is 0 Å². The van der Waals surface area contributed by atoms with Gasteiger partial charge in [-0.1, -0.05) is 78.6 Å². The van der Waals surface area contributed by atoms with Crippen LogP contribution >= 0.6 is 0 Å². The van der Waals surface area contributed by atoms with Gasteiger partial charge in [0.2, 0.25) is 0 Å². The van der Waals surface area contributed by atoms with Gasteiger partial charge in [0.25, 0.3) is 0 Å². The molecule has 0 radical (unpaired) electrons. The molecule has 0 aromatic carbocycles. The Kier molecular flexibility index (Phi) is 6.36. The van der Waals surface area contributed by atoms with Gasteiger partial charge < -0.3 is 0 Å². The Bertz CT molecular complexity index is 144. The zero-order valence-electron chi connectivity index (χ0n) is 11.1. The van der Waals surface area contributed by atoms with Gasteiger partial charge in [-0.3, -0.25) is 0 Å². The fraction of sp³-hybridized carbons (Fsp3) is 1.00. The Balaban J connectivity index is 1.90. The second-order valence-electron chi connectivity index (χ2n) is 5.85. The molecule has 1 aliphatic rings. The molecular weight excluding hydrogens is 180 g/mol. The molecule has 1 atom stereocenters. The second kappa shape index (κ2) is 7.30. The molecule has 0 heteroatoms. The van der Waals surface area contributed by atoms with Crippen LogP contribution in [0.15, 0.2) is 0 Å². The summed E-state index contributed by atoms with van der Waals surface area (Å²) in [7, 11) is 0. The molecule has 0 nitrogen and oxygen atoms in total. The van der Waals surface area contributed by atoms with Gasteiger partial charge in [-0.05, 0) is 17.8 Å². The van der Waals surface area contributed by atoms with Gasteiger partial charge in [0.1, 0.15) is 0 Å². The standard InChI is InChI=1S/C15H30/c1-4-15(13(2)3)12-7-5-6-9-14-10-8-11-14/h13-15H,4-12H2,1-3H3. The monoisotopic (exact) mass is 210 g/mol. The molecule has 90 valence electrons. The third-order valence-corrected chi connectivity index (χ3v) is 4.38. The predicted molar refractivity (Wildman–Crippen MR) is 69.0 cm³/mol. The van der Waals surface area contributed by atoms with Gasteiger partial charge in [-0.15, -0.1) is 0 Å². The highest BCUT2D eigenvalue weighted by atomic mass is 14.2. The summed E-state index contributed by atoms with van der Waals surface area (Å²) in [5, 5.41) is 0. The second-order valence-corrected chi connectivity index (χ2v) is 5.85. The first-order chi connectivity index (χ1) is 7.24. The first-order valence-corrected chi connectivity index (χ1v) is 7.24. The van der Waals surface area contributed by atoms with Gasteiger partial charge in [-0.2, -0.15) is 0 Å². The molecule has 1 unspecified atom stereocenters. The van der Waals surface area contributed by atoms with Crippen molar-refractivity contribution in [2.45, 2.75) is 78.6 Å². The highest BCUT2D eigenvalue weighted by Gasteiger charge is 2.16. The van der Waals surface area contributed by atoms with E-state index in [1.165, 1.54) is 57.8 Å². The first kappa shape index (κ1) is 13.1. The molecule has 0 heterocycles. The fourth-order valence-corrected chi connectivity index (χ4v) is 2.81. The third kappa shape index (κ3) is 5.04. The number of hydrogen-bond donors (Lipinski definition) is 0. The van der Waals surface area contributed by atoms with E-state index >= 15 is 0 Å². The summed E-state index contributed by atoms with van der Waals surface area (Å²) >= 11 is 0. The number of hydrogen-bond acceptors (Lipinski definition) is 0. The molecule has 1 rings (SSSR count). The molecule has 0 bridgehead atoms.